The third-order valence-corrected chi connectivity index (χ3v) is 6.53. The average molecular weight is 376 g/mol. The van der Waals surface area contributed by atoms with Gasteiger partial charge in [0.15, 0.2) is 0 Å². The SMILES string of the molecule is CN(Cc1cnn(C)c1)C(=O)c1ccccc1S(=O)(=O)N1CCCCC1. The number of piperidine rings is 1. The van der Waals surface area contributed by atoms with Crippen LogP contribution in [0.25, 0.3) is 0 Å². The van der Waals surface area contributed by atoms with Gasteiger partial charge in [0.25, 0.3) is 5.91 Å². The molecule has 140 valence electrons. The van der Waals surface area contributed by atoms with Crippen LogP contribution in [0.3, 0.4) is 0 Å². The first-order valence-electron chi connectivity index (χ1n) is 8.72. The summed E-state index contributed by atoms with van der Waals surface area (Å²) in [5, 5.41) is 4.10. The van der Waals surface area contributed by atoms with E-state index in [1.807, 2.05) is 13.2 Å². The number of aryl methyl sites for hydroxylation is 1. The van der Waals surface area contributed by atoms with Gasteiger partial charge in [-0.25, -0.2) is 8.42 Å². The van der Waals surface area contributed by atoms with Crippen LogP contribution in [0.2, 0.25) is 0 Å². The number of amides is 1. The maximum absolute atomic E-state index is 13.0. The topological polar surface area (TPSA) is 75.5 Å². The third-order valence-electron chi connectivity index (χ3n) is 4.58. The molecule has 0 atom stereocenters. The van der Waals surface area contributed by atoms with Crippen LogP contribution in [0, 0.1) is 0 Å². The molecular formula is C18H24N4O3S. The first-order chi connectivity index (χ1) is 12.4. The lowest BCUT2D eigenvalue weighted by molar-refractivity contribution is 0.0781. The molecule has 1 aromatic carbocycles. The summed E-state index contributed by atoms with van der Waals surface area (Å²) in [6.45, 7) is 1.39. The van der Waals surface area contributed by atoms with E-state index in [2.05, 4.69) is 5.10 Å². The second-order valence-corrected chi connectivity index (χ2v) is 8.55. The van der Waals surface area contributed by atoms with Crippen LogP contribution in [0.5, 0.6) is 0 Å². The third kappa shape index (κ3) is 3.81. The number of sulfonamides is 1. The lowest BCUT2D eigenvalue weighted by Crippen LogP contribution is -2.37. The maximum atomic E-state index is 13.0. The second kappa shape index (κ2) is 7.59. The average Bonchev–Trinajstić information content (AvgIpc) is 3.06. The molecule has 2 aromatic rings. The molecular weight excluding hydrogens is 352 g/mol. The second-order valence-electron chi connectivity index (χ2n) is 6.64. The lowest BCUT2D eigenvalue weighted by Gasteiger charge is -2.27. The zero-order valence-electron chi connectivity index (χ0n) is 15.1. The molecule has 1 fully saturated rings. The highest BCUT2D eigenvalue weighted by Gasteiger charge is 2.30. The van der Waals surface area contributed by atoms with E-state index < -0.39 is 10.0 Å². The van der Waals surface area contributed by atoms with Crippen molar-refractivity contribution in [2.75, 3.05) is 20.1 Å². The Bertz CT molecular complexity index is 885. The lowest BCUT2D eigenvalue weighted by atomic mass is 10.2. The van der Waals surface area contributed by atoms with E-state index in [0.29, 0.717) is 19.6 Å². The summed E-state index contributed by atoms with van der Waals surface area (Å²) >= 11 is 0. The summed E-state index contributed by atoms with van der Waals surface area (Å²) in [5.41, 5.74) is 1.10. The fourth-order valence-electron chi connectivity index (χ4n) is 3.22. The molecule has 0 spiro atoms. The van der Waals surface area contributed by atoms with Crippen molar-refractivity contribution in [3.05, 3.63) is 47.8 Å². The van der Waals surface area contributed by atoms with Gasteiger partial charge in [0.1, 0.15) is 0 Å². The summed E-state index contributed by atoms with van der Waals surface area (Å²) in [7, 11) is -0.193. The van der Waals surface area contributed by atoms with Gasteiger partial charge in [0.05, 0.1) is 16.7 Å². The maximum Gasteiger partial charge on any atom is 0.255 e. The number of carbonyl (C=O) groups is 1. The number of aromatic nitrogens is 2. The van der Waals surface area contributed by atoms with Crippen LogP contribution >= 0.6 is 0 Å². The van der Waals surface area contributed by atoms with E-state index in [9.17, 15) is 13.2 Å². The summed E-state index contributed by atoms with van der Waals surface area (Å²) in [6.07, 6.45) is 6.28. The van der Waals surface area contributed by atoms with Crippen molar-refractivity contribution in [3.8, 4) is 0 Å². The number of hydrogen-bond acceptors (Lipinski definition) is 4. The van der Waals surface area contributed by atoms with Gasteiger partial charge < -0.3 is 4.90 Å². The number of hydrogen-bond donors (Lipinski definition) is 0. The van der Waals surface area contributed by atoms with Crippen LogP contribution in [-0.4, -0.2) is 53.4 Å². The Morgan fingerprint density at radius 2 is 1.88 bits per heavy atom. The largest absolute Gasteiger partial charge is 0.337 e. The molecule has 3 rings (SSSR count). The van der Waals surface area contributed by atoms with Crippen LogP contribution < -0.4 is 0 Å². The molecule has 0 radical (unpaired) electrons. The predicted octanol–water partition coefficient (Wildman–Crippen LogP) is 1.87. The van der Waals surface area contributed by atoms with Crippen molar-refractivity contribution >= 4 is 15.9 Å². The first-order valence-corrected chi connectivity index (χ1v) is 10.2. The highest BCUT2D eigenvalue weighted by Crippen LogP contribution is 2.24. The monoisotopic (exact) mass is 376 g/mol. The zero-order valence-corrected chi connectivity index (χ0v) is 15.9. The highest BCUT2D eigenvalue weighted by atomic mass is 32.2. The Morgan fingerprint density at radius 3 is 2.54 bits per heavy atom. The van der Waals surface area contributed by atoms with E-state index >= 15 is 0 Å². The quantitative estimate of drug-likeness (QED) is 0.798. The molecule has 1 amide bonds. The minimum Gasteiger partial charge on any atom is -0.337 e. The van der Waals surface area contributed by atoms with E-state index in [1.54, 1.807) is 36.1 Å². The fourth-order valence-corrected chi connectivity index (χ4v) is 4.92. The van der Waals surface area contributed by atoms with Gasteiger partial charge in [0.2, 0.25) is 10.0 Å². The smallest absolute Gasteiger partial charge is 0.255 e. The fraction of sp³-hybridized carbons (Fsp3) is 0.444. The van der Waals surface area contributed by atoms with Gasteiger partial charge in [0, 0.05) is 45.5 Å². The van der Waals surface area contributed by atoms with Crippen molar-refractivity contribution in [1.82, 2.24) is 19.0 Å². The van der Waals surface area contributed by atoms with E-state index in [-0.39, 0.29) is 16.4 Å². The van der Waals surface area contributed by atoms with Crippen molar-refractivity contribution in [2.24, 2.45) is 7.05 Å². The van der Waals surface area contributed by atoms with Crippen molar-refractivity contribution in [2.45, 2.75) is 30.7 Å². The van der Waals surface area contributed by atoms with Gasteiger partial charge in [-0.05, 0) is 25.0 Å². The van der Waals surface area contributed by atoms with Gasteiger partial charge in [-0.3, -0.25) is 9.48 Å². The Morgan fingerprint density at radius 1 is 1.19 bits per heavy atom. The summed E-state index contributed by atoms with van der Waals surface area (Å²) < 4.78 is 29.2. The Balaban J connectivity index is 1.87. The summed E-state index contributed by atoms with van der Waals surface area (Å²) in [5.74, 6) is -0.315. The van der Waals surface area contributed by atoms with Crippen molar-refractivity contribution in [1.29, 1.82) is 0 Å². The standard InChI is InChI=1S/C18H24N4O3S/c1-20(13-15-12-19-21(2)14-15)18(23)16-8-4-5-9-17(16)26(24,25)22-10-6-3-7-11-22/h4-5,8-9,12,14H,3,6-7,10-11,13H2,1-2H3. The Hall–Kier alpha value is -2.19. The number of rotatable bonds is 5. The first kappa shape index (κ1) is 18.6. The highest BCUT2D eigenvalue weighted by molar-refractivity contribution is 7.89. The predicted molar refractivity (Wildman–Crippen MR) is 98.1 cm³/mol. The van der Waals surface area contributed by atoms with Crippen molar-refractivity contribution in [3.63, 3.8) is 0 Å². The minimum atomic E-state index is -3.67. The van der Waals surface area contributed by atoms with E-state index in [4.69, 9.17) is 0 Å². The molecule has 0 N–H and O–H groups in total. The van der Waals surface area contributed by atoms with Gasteiger partial charge in [-0.2, -0.15) is 9.40 Å². The van der Waals surface area contributed by atoms with Crippen molar-refractivity contribution < 1.29 is 13.2 Å². The molecule has 7 nitrogen and oxygen atoms in total. The Kier molecular flexibility index (Phi) is 5.43. The minimum absolute atomic E-state index is 0.0879. The molecule has 1 aliphatic heterocycles. The van der Waals surface area contributed by atoms with Crippen LogP contribution in [-0.2, 0) is 23.6 Å². The van der Waals surface area contributed by atoms with E-state index in [1.165, 1.54) is 15.3 Å². The summed E-state index contributed by atoms with van der Waals surface area (Å²) in [4.78, 5) is 14.5. The number of nitrogens with zero attached hydrogens (tertiary/aromatic N) is 4. The molecule has 0 aliphatic carbocycles. The number of carbonyl (C=O) groups excluding carboxylic acids is 1. The zero-order chi connectivity index (χ0) is 18.7. The van der Waals surface area contributed by atoms with E-state index in [0.717, 1.165) is 24.8 Å². The van der Waals surface area contributed by atoms with Gasteiger partial charge in [-0.15, -0.1) is 0 Å². The molecule has 26 heavy (non-hydrogen) atoms. The molecule has 0 bridgehead atoms. The molecule has 1 aromatic heterocycles. The van der Waals surface area contributed by atoms with Gasteiger partial charge in [-0.1, -0.05) is 18.6 Å². The number of benzene rings is 1. The molecule has 0 saturated carbocycles. The van der Waals surface area contributed by atoms with Gasteiger partial charge >= 0.3 is 0 Å². The molecule has 1 saturated heterocycles. The molecule has 1 aliphatic rings. The molecule has 2 heterocycles. The van der Waals surface area contributed by atoms with Crippen LogP contribution in [0.15, 0.2) is 41.6 Å². The van der Waals surface area contributed by atoms with Crippen LogP contribution in [0.1, 0.15) is 35.2 Å². The van der Waals surface area contributed by atoms with Crippen LogP contribution in [0.4, 0.5) is 0 Å². The normalized spacial score (nSPS) is 15.8. The Labute approximate surface area is 154 Å². The molecule has 0 unspecified atom stereocenters. The molecule has 8 heteroatoms. The summed E-state index contributed by atoms with van der Waals surface area (Å²) in [6, 6.07) is 6.46.